The fraction of sp³-hybridized carbons (Fsp3) is 0.533. The summed E-state index contributed by atoms with van der Waals surface area (Å²) in [6.07, 6.45) is 0. The van der Waals surface area contributed by atoms with Crippen molar-refractivity contribution in [2.45, 2.75) is 33.7 Å². The van der Waals surface area contributed by atoms with Crippen LogP contribution >= 0.6 is 11.8 Å². The minimum atomic E-state index is 0.00958. The molecular weight excluding hydrogens is 256 g/mol. The van der Waals surface area contributed by atoms with Crippen molar-refractivity contribution in [3.05, 3.63) is 29.3 Å². The van der Waals surface area contributed by atoms with Gasteiger partial charge in [0, 0.05) is 29.6 Å². The van der Waals surface area contributed by atoms with E-state index in [1.807, 2.05) is 43.8 Å². The second-order valence-electron chi connectivity index (χ2n) is 4.59. The van der Waals surface area contributed by atoms with Crippen molar-refractivity contribution in [2.24, 2.45) is 0 Å². The van der Waals surface area contributed by atoms with Gasteiger partial charge in [-0.3, -0.25) is 4.79 Å². The lowest BCUT2D eigenvalue weighted by molar-refractivity contribution is 0.0943. The average molecular weight is 280 g/mol. The van der Waals surface area contributed by atoms with Gasteiger partial charge < -0.3 is 10.6 Å². The van der Waals surface area contributed by atoms with E-state index in [-0.39, 0.29) is 11.9 Å². The summed E-state index contributed by atoms with van der Waals surface area (Å²) in [5, 5.41) is 6.31. The molecule has 0 heterocycles. The molecule has 0 aliphatic carbocycles. The molecule has 1 unspecified atom stereocenters. The third kappa shape index (κ3) is 5.15. The maximum Gasteiger partial charge on any atom is 0.251 e. The molecule has 0 fully saturated rings. The van der Waals surface area contributed by atoms with E-state index in [4.69, 9.17) is 0 Å². The highest BCUT2D eigenvalue weighted by Crippen LogP contribution is 2.16. The molecule has 2 N–H and O–H groups in total. The highest BCUT2D eigenvalue weighted by atomic mass is 32.2. The molecule has 1 aromatic carbocycles. The fourth-order valence-electron chi connectivity index (χ4n) is 1.84. The van der Waals surface area contributed by atoms with Crippen molar-refractivity contribution >= 4 is 23.4 Å². The Balaban J connectivity index is 2.64. The number of carbonyl (C=O) groups excluding carboxylic acids is 1. The van der Waals surface area contributed by atoms with Crippen LogP contribution in [0.5, 0.6) is 0 Å². The Morgan fingerprint density at radius 2 is 2.11 bits per heavy atom. The highest BCUT2D eigenvalue weighted by molar-refractivity contribution is 7.99. The van der Waals surface area contributed by atoms with Crippen molar-refractivity contribution in [1.82, 2.24) is 5.32 Å². The number of hydrogen-bond acceptors (Lipinski definition) is 3. The van der Waals surface area contributed by atoms with Gasteiger partial charge in [-0.2, -0.15) is 11.8 Å². The third-order valence-corrected chi connectivity index (χ3v) is 3.95. The number of nitrogens with one attached hydrogen (secondary N) is 2. The second kappa shape index (κ2) is 8.10. The van der Waals surface area contributed by atoms with E-state index in [2.05, 4.69) is 24.5 Å². The van der Waals surface area contributed by atoms with E-state index in [9.17, 15) is 4.79 Å². The molecule has 106 valence electrons. The average Bonchev–Trinajstić information content (AvgIpc) is 2.38. The molecule has 0 saturated carbocycles. The Morgan fingerprint density at radius 1 is 1.37 bits per heavy atom. The molecule has 0 aliphatic heterocycles. The number of anilines is 1. The predicted octanol–water partition coefficient (Wildman–Crippen LogP) is 3.30. The molecule has 0 bridgehead atoms. The molecule has 0 aliphatic rings. The molecule has 1 atom stereocenters. The van der Waals surface area contributed by atoms with Gasteiger partial charge in [0.25, 0.3) is 5.91 Å². The summed E-state index contributed by atoms with van der Waals surface area (Å²) in [7, 11) is 0. The summed E-state index contributed by atoms with van der Waals surface area (Å²) < 4.78 is 0. The first kappa shape index (κ1) is 15.9. The van der Waals surface area contributed by atoms with Crippen LogP contribution in [0.15, 0.2) is 18.2 Å². The van der Waals surface area contributed by atoms with E-state index in [1.165, 1.54) is 0 Å². The van der Waals surface area contributed by atoms with E-state index in [0.717, 1.165) is 34.9 Å². The van der Waals surface area contributed by atoms with Gasteiger partial charge in [0.2, 0.25) is 0 Å². The molecule has 1 rings (SSSR count). The molecule has 1 aromatic rings. The standard InChI is InChI=1S/C15H24N2OS/c1-5-16-14-8-7-13(9-11(14)3)15(18)17-12(4)10-19-6-2/h7-9,12,16H,5-6,10H2,1-4H3,(H,17,18). The van der Waals surface area contributed by atoms with Gasteiger partial charge in [0.15, 0.2) is 0 Å². The Hall–Kier alpha value is -1.16. The molecule has 0 saturated heterocycles. The summed E-state index contributed by atoms with van der Waals surface area (Å²) in [5.41, 5.74) is 2.92. The van der Waals surface area contributed by atoms with Crippen LogP contribution in [0.4, 0.5) is 5.69 Å². The lowest BCUT2D eigenvalue weighted by Gasteiger charge is -2.14. The normalized spacial score (nSPS) is 12.0. The quantitative estimate of drug-likeness (QED) is 0.805. The van der Waals surface area contributed by atoms with Crippen molar-refractivity contribution in [3.8, 4) is 0 Å². The van der Waals surface area contributed by atoms with Gasteiger partial charge in [-0.25, -0.2) is 0 Å². The number of aryl methyl sites for hydroxylation is 1. The minimum absolute atomic E-state index is 0.00958. The molecule has 3 nitrogen and oxygen atoms in total. The third-order valence-electron chi connectivity index (χ3n) is 2.81. The summed E-state index contributed by atoms with van der Waals surface area (Å²) in [6, 6.07) is 5.98. The van der Waals surface area contributed by atoms with Crippen LogP contribution < -0.4 is 10.6 Å². The number of hydrogen-bond donors (Lipinski definition) is 2. The van der Waals surface area contributed by atoms with Gasteiger partial charge in [-0.1, -0.05) is 6.92 Å². The fourth-order valence-corrected chi connectivity index (χ4v) is 2.51. The van der Waals surface area contributed by atoms with Gasteiger partial charge in [-0.15, -0.1) is 0 Å². The summed E-state index contributed by atoms with van der Waals surface area (Å²) in [6.45, 7) is 9.14. The molecule has 0 radical (unpaired) electrons. The van der Waals surface area contributed by atoms with Crippen LogP contribution in [0, 0.1) is 6.92 Å². The van der Waals surface area contributed by atoms with E-state index in [1.54, 1.807) is 0 Å². The van der Waals surface area contributed by atoms with Crippen molar-refractivity contribution in [1.29, 1.82) is 0 Å². The van der Waals surface area contributed by atoms with Gasteiger partial charge in [-0.05, 0) is 50.3 Å². The van der Waals surface area contributed by atoms with E-state index in [0.29, 0.717) is 0 Å². The summed E-state index contributed by atoms with van der Waals surface area (Å²) in [4.78, 5) is 12.1. The molecule has 1 amide bonds. The summed E-state index contributed by atoms with van der Waals surface area (Å²) >= 11 is 1.84. The Bertz CT molecular complexity index is 421. The van der Waals surface area contributed by atoms with Crippen LogP contribution in [-0.2, 0) is 0 Å². The van der Waals surface area contributed by atoms with Crippen LogP contribution in [0.3, 0.4) is 0 Å². The van der Waals surface area contributed by atoms with Crippen molar-refractivity contribution in [3.63, 3.8) is 0 Å². The van der Waals surface area contributed by atoms with Crippen LogP contribution in [0.2, 0.25) is 0 Å². The second-order valence-corrected chi connectivity index (χ2v) is 5.91. The summed E-state index contributed by atoms with van der Waals surface area (Å²) in [5.74, 6) is 2.04. The monoisotopic (exact) mass is 280 g/mol. The largest absolute Gasteiger partial charge is 0.385 e. The maximum atomic E-state index is 12.1. The van der Waals surface area contributed by atoms with Crippen molar-refractivity contribution < 1.29 is 4.79 Å². The van der Waals surface area contributed by atoms with Gasteiger partial charge in [0.05, 0.1) is 0 Å². The Kier molecular flexibility index (Phi) is 6.78. The molecule has 4 heteroatoms. The Labute approximate surface area is 120 Å². The molecule has 0 spiro atoms. The minimum Gasteiger partial charge on any atom is -0.385 e. The highest BCUT2D eigenvalue weighted by Gasteiger charge is 2.10. The Morgan fingerprint density at radius 3 is 2.68 bits per heavy atom. The first-order valence-corrected chi connectivity index (χ1v) is 7.97. The zero-order valence-corrected chi connectivity index (χ0v) is 13.1. The van der Waals surface area contributed by atoms with E-state index < -0.39 is 0 Å². The molecule has 19 heavy (non-hydrogen) atoms. The van der Waals surface area contributed by atoms with Gasteiger partial charge in [0.1, 0.15) is 0 Å². The first-order valence-electron chi connectivity index (χ1n) is 6.81. The number of amides is 1. The number of carbonyl (C=O) groups is 1. The van der Waals surface area contributed by atoms with Crippen molar-refractivity contribution in [2.75, 3.05) is 23.4 Å². The first-order chi connectivity index (χ1) is 9.08. The number of rotatable bonds is 7. The zero-order valence-electron chi connectivity index (χ0n) is 12.2. The topological polar surface area (TPSA) is 41.1 Å². The van der Waals surface area contributed by atoms with Crippen LogP contribution in [0.25, 0.3) is 0 Å². The van der Waals surface area contributed by atoms with Crippen LogP contribution in [0.1, 0.15) is 36.7 Å². The molecular formula is C15H24N2OS. The van der Waals surface area contributed by atoms with E-state index >= 15 is 0 Å². The maximum absolute atomic E-state index is 12.1. The van der Waals surface area contributed by atoms with Gasteiger partial charge >= 0.3 is 0 Å². The molecule has 0 aromatic heterocycles. The predicted molar refractivity (Wildman–Crippen MR) is 85.3 cm³/mol. The smallest absolute Gasteiger partial charge is 0.251 e. The lowest BCUT2D eigenvalue weighted by atomic mass is 10.1. The van der Waals surface area contributed by atoms with Crippen LogP contribution in [-0.4, -0.2) is 30.0 Å². The lowest BCUT2D eigenvalue weighted by Crippen LogP contribution is -2.34. The number of thioether (sulfide) groups is 1. The zero-order chi connectivity index (χ0) is 14.3. The SMILES string of the molecule is CCNc1ccc(C(=O)NC(C)CSCC)cc1C. The number of benzene rings is 1.